The molecule has 6 rings (SSSR count). The van der Waals surface area contributed by atoms with E-state index in [1.54, 1.807) is 6.20 Å². The highest BCUT2D eigenvalue weighted by Crippen LogP contribution is 2.37. The summed E-state index contributed by atoms with van der Waals surface area (Å²) in [5.74, 6) is 0. The third-order valence-corrected chi connectivity index (χ3v) is 6.67. The first-order valence-corrected chi connectivity index (χ1v) is 12.7. The molecule has 0 unspecified atom stereocenters. The minimum absolute atomic E-state index is 0.919. The molecule has 0 fully saturated rings. The summed E-state index contributed by atoms with van der Waals surface area (Å²) >= 11 is 0. The van der Waals surface area contributed by atoms with Crippen LogP contribution in [0.4, 0.5) is 17.1 Å². The van der Waals surface area contributed by atoms with E-state index in [-0.39, 0.29) is 0 Å². The van der Waals surface area contributed by atoms with Gasteiger partial charge in [-0.15, -0.1) is 0 Å². The molecule has 6 aromatic rings. The van der Waals surface area contributed by atoms with E-state index in [9.17, 15) is 0 Å². The Morgan fingerprint density at radius 3 is 1.71 bits per heavy atom. The van der Waals surface area contributed by atoms with E-state index < -0.39 is 0 Å². The molecule has 0 radical (unpaired) electrons. The Labute approximate surface area is 223 Å². The summed E-state index contributed by atoms with van der Waals surface area (Å²) in [4.78, 5) is 11.2. The normalized spacial score (nSPS) is 10.8. The van der Waals surface area contributed by atoms with Crippen LogP contribution in [0.3, 0.4) is 0 Å². The van der Waals surface area contributed by atoms with Gasteiger partial charge >= 0.3 is 0 Å². The summed E-state index contributed by atoms with van der Waals surface area (Å²) in [6.45, 7) is 2.13. The Kier molecular flexibility index (Phi) is 6.48. The van der Waals surface area contributed by atoms with Crippen molar-refractivity contribution in [3.63, 3.8) is 0 Å². The van der Waals surface area contributed by atoms with E-state index in [2.05, 4.69) is 125 Å². The summed E-state index contributed by atoms with van der Waals surface area (Å²) in [6.07, 6.45) is 5.54. The van der Waals surface area contributed by atoms with Crippen LogP contribution in [0.25, 0.3) is 33.5 Å². The van der Waals surface area contributed by atoms with E-state index in [0.29, 0.717) is 0 Å². The summed E-state index contributed by atoms with van der Waals surface area (Å²) in [6, 6.07) is 44.7. The maximum Gasteiger partial charge on any atom is 0.0717 e. The monoisotopic (exact) mass is 489 g/mol. The molecule has 0 aliphatic rings. The first-order valence-electron chi connectivity index (χ1n) is 12.7. The largest absolute Gasteiger partial charge is 0.310 e. The predicted octanol–water partition coefficient (Wildman–Crippen LogP) is 9.26. The van der Waals surface area contributed by atoms with E-state index >= 15 is 0 Å². The van der Waals surface area contributed by atoms with Gasteiger partial charge in [0.1, 0.15) is 0 Å². The van der Waals surface area contributed by atoms with E-state index in [1.165, 1.54) is 16.7 Å². The quantitative estimate of drug-likeness (QED) is 0.233. The molecule has 3 nitrogen and oxygen atoms in total. The van der Waals surface area contributed by atoms with Gasteiger partial charge in [-0.05, 0) is 83.8 Å². The van der Waals surface area contributed by atoms with Gasteiger partial charge in [0, 0.05) is 46.8 Å². The van der Waals surface area contributed by atoms with Crippen LogP contribution in [0.5, 0.6) is 0 Å². The highest BCUT2D eigenvalue weighted by Gasteiger charge is 2.13. The van der Waals surface area contributed by atoms with Crippen molar-refractivity contribution in [3.8, 4) is 33.5 Å². The van der Waals surface area contributed by atoms with Crippen LogP contribution in [0.1, 0.15) is 5.56 Å². The summed E-state index contributed by atoms with van der Waals surface area (Å²) in [5, 5.41) is 0. The Balaban J connectivity index is 1.32. The van der Waals surface area contributed by atoms with E-state index in [4.69, 9.17) is 0 Å². The zero-order valence-electron chi connectivity index (χ0n) is 21.2. The van der Waals surface area contributed by atoms with E-state index in [0.717, 1.165) is 39.4 Å². The first-order chi connectivity index (χ1) is 18.7. The minimum Gasteiger partial charge on any atom is -0.310 e. The Morgan fingerprint density at radius 1 is 0.474 bits per heavy atom. The molecule has 0 N–H and O–H groups in total. The van der Waals surface area contributed by atoms with Crippen molar-refractivity contribution >= 4 is 17.1 Å². The van der Waals surface area contributed by atoms with Crippen LogP contribution in [0, 0.1) is 6.92 Å². The molecule has 38 heavy (non-hydrogen) atoms. The van der Waals surface area contributed by atoms with Gasteiger partial charge in [0.25, 0.3) is 0 Å². The lowest BCUT2D eigenvalue weighted by atomic mass is 10.0. The Bertz CT molecular complexity index is 1630. The number of benzene rings is 4. The summed E-state index contributed by atoms with van der Waals surface area (Å²) < 4.78 is 0. The van der Waals surface area contributed by atoms with Crippen molar-refractivity contribution in [2.24, 2.45) is 0 Å². The van der Waals surface area contributed by atoms with E-state index in [1.807, 2.05) is 36.7 Å². The number of anilines is 3. The molecule has 0 spiro atoms. The van der Waals surface area contributed by atoms with Crippen molar-refractivity contribution in [1.82, 2.24) is 9.97 Å². The molecule has 0 amide bonds. The van der Waals surface area contributed by atoms with Crippen molar-refractivity contribution in [1.29, 1.82) is 0 Å². The van der Waals surface area contributed by atoms with Crippen LogP contribution >= 0.6 is 0 Å². The molecule has 0 aliphatic heterocycles. The lowest BCUT2D eigenvalue weighted by Gasteiger charge is -2.26. The van der Waals surface area contributed by atoms with Gasteiger partial charge in [-0.25, -0.2) is 0 Å². The fourth-order valence-corrected chi connectivity index (χ4v) is 4.70. The maximum absolute atomic E-state index is 4.67. The third-order valence-electron chi connectivity index (χ3n) is 6.67. The van der Waals surface area contributed by atoms with Crippen LogP contribution in [0.15, 0.2) is 146 Å². The molecule has 182 valence electrons. The molecule has 0 atom stereocenters. The number of nitrogens with zero attached hydrogens (tertiary/aromatic N) is 3. The van der Waals surface area contributed by atoms with Crippen LogP contribution < -0.4 is 4.90 Å². The molecule has 0 aliphatic carbocycles. The van der Waals surface area contributed by atoms with Gasteiger partial charge in [-0.1, -0.05) is 72.8 Å². The van der Waals surface area contributed by atoms with Crippen molar-refractivity contribution < 1.29 is 0 Å². The molecule has 0 saturated carbocycles. The Morgan fingerprint density at radius 2 is 1.11 bits per heavy atom. The van der Waals surface area contributed by atoms with Crippen molar-refractivity contribution in [2.75, 3.05) is 4.90 Å². The molecular weight excluding hydrogens is 462 g/mol. The SMILES string of the molecule is Cc1cccc(N(c2ccc(-c3ccccc3)cc2)c2ccc(-c3ccc(-c4cccnc4)nc3)cc2)c1. The number of pyridine rings is 2. The number of rotatable bonds is 6. The smallest absolute Gasteiger partial charge is 0.0717 e. The number of hydrogen-bond acceptors (Lipinski definition) is 3. The Hall–Kier alpha value is -5.02. The second-order valence-corrected chi connectivity index (χ2v) is 9.31. The maximum atomic E-state index is 4.67. The fourth-order valence-electron chi connectivity index (χ4n) is 4.70. The average molecular weight is 490 g/mol. The van der Waals surface area contributed by atoms with Crippen LogP contribution in [-0.4, -0.2) is 9.97 Å². The second-order valence-electron chi connectivity index (χ2n) is 9.31. The number of aryl methyl sites for hydroxylation is 1. The van der Waals surface area contributed by atoms with Gasteiger partial charge in [-0.2, -0.15) is 0 Å². The fraction of sp³-hybridized carbons (Fsp3) is 0.0286. The molecule has 0 saturated heterocycles. The van der Waals surface area contributed by atoms with Crippen LogP contribution in [0.2, 0.25) is 0 Å². The van der Waals surface area contributed by atoms with Gasteiger partial charge in [0.2, 0.25) is 0 Å². The molecule has 2 aromatic heterocycles. The summed E-state index contributed by atoms with van der Waals surface area (Å²) in [5.41, 5.74) is 11.1. The molecule has 0 bridgehead atoms. The average Bonchev–Trinajstić information content (AvgIpc) is 2.99. The zero-order valence-corrected chi connectivity index (χ0v) is 21.2. The number of hydrogen-bond donors (Lipinski definition) is 0. The molecular formula is C35H27N3. The lowest BCUT2D eigenvalue weighted by molar-refractivity contribution is 1.27. The topological polar surface area (TPSA) is 29.0 Å². The second kappa shape index (κ2) is 10.5. The third kappa shape index (κ3) is 4.95. The van der Waals surface area contributed by atoms with Gasteiger partial charge in [0.15, 0.2) is 0 Å². The standard InChI is InChI=1S/C35H27N3/c1-26-7-5-11-34(23-26)38(32-17-12-28(13-18-32)27-8-3-2-4-9-27)33-19-14-29(15-20-33)30-16-21-35(37-25-30)31-10-6-22-36-24-31/h2-25H,1H3. The molecule has 4 aromatic carbocycles. The van der Waals surface area contributed by atoms with Gasteiger partial charge in [-0.3, -0.25) is 9.97 Å². The van der Waals surface area contributed by atoms with Crippen LogP contribution in [-0.2, 0) is 0 Å². The highest BCUT2D eigenvalue weighted by atomic mass is 15.1. The highest BCUT2D eigenvalue weighted by molar-refractivity contribution is 5.80. The first kappa shape index (κ1) is 23.4. The van der Waals surface area contributed by atoms with Gasteiger partial charge < -0.3 is 4.90 Å². The molecule has 2 heterocycles. The van der Waals surface area contributed by atoms with Crippen molar-refractivity contribution in [3.05, 3.63) is 152 Å². The van der Waals surface area contributed by atoms with Gasteiger partial charge in [0.05, 0.1) is 5.69 Å². The zero-order chi connectivity index (χ0) is 25.7. The lowest BCUT2D eigenvalue weighted by Crippen LogP contribution is -2.10. The number of aromatic nitrogens is 2. The minimum atomic E-state index is 0.919. The molecule has 3 heteroatoms. The predicted molar refractivity (Wildman–Crippen MR) is 158 cm³/mol. The van der Waals surface area contributed by atoms with Crippen molar-refractivity contribution in [2.45, 2.75) is 6.92 Å². The summed E-state index contributed by atoms with van der Waals surface area (Å²) in [7, 11) is 0.